The lowest BCUT2D eigenvalue weighted by Crippen LogP contribution is -2.50. The highest BCUT2D eigenvalue weighted by Gasteiger charge is 2.30. The molecule has 0 heterocycles. The monoisotopic (exact) mass is 301 g/mol. The van der Waals surface area contributed by atoms with Gasteiger partial charge in [-0.25, -0.2) is 9.59 Å². The van der Waals surface area contributed by atoms with Crippen molar-refractivity contribution in [1.29, 1.82) is 0 Å². The molecule has 120 valence electrons. The molecule has 1 aliphatic carbocycles. The van der Waals surface area contributed by atoms with Gasteiger partial charge in [-0.1, -0.05) is 19.3 Å². The Morgan fingerprint density at radius 2 is 1.76 bits per heavy atom. The van der Waals surface area contributed by atoms with Gasteiger partial charge >= 0.3 is 12.0 Å². The summed E-state index contributed by atoms with van der Waals surface area (Å²) in [6.07, 6.45) is 5.26. The second-order valence-electron chi connectivity index (χ2n) is 5.52. The quantitative estimate of drug-likeness (QED) is 0.455. The summed E-state index contributed by atoms with van der Waals surface area (Å²) in [7, 11) is 0. The summed E-state index contributed by atoms with van der Waals surface area (Å²) in [5, 5.41) is 25.5. The zero-order chi connectivity index (χ0) is 15.9. The zero-order valence-electron chi connectivity index (χ0n) is 12.1. The number of amides is 3. The molecule has 1 atom stereocenters. The molecule has 0 aromatic rings. The van der Waals surface area contributed by atoms with Crippen molar-refractivity contribution in [3.8, 4) is 0 Å². The van der Waals surface area contributed by atoms with Gasteiger partial charge < -0.3 is 26.2 Å². The van der Waals surface area contributed by atoms with Crippen molar-refractivity contribution < 1.29 is 24.6 Å². The summed E-state index contributed by atoms with van der Waals surface area (Å²) in [6, 6.07) is -0.267. The average molecular weight is 301 g/mol. The van der Waals surface area contributed by atoms with Gasteiger partial charge in [0.2, 0.25) is 5.91 Å². The third kappa shape index (κ3) is 6.44. The number of urea groups is 1. The van der Waals surface area contributed by atoms with E-state index in [0.717, 1.165) is 32.6 Å². The molecule has 0 spiro atoms. The summed E-state index contributed by atoms with van der Waals surface area (Å²) in [4.78, 5) is 33.7. The summed E-state index contributed by atoms with van der Waals surface area (Å²) < 4.78 is 0. The minimum Gasteiger partial charge on any atom is -0.479 e. The van der Waals surface area contributed by atoms with Gasteiger partial charge in [0.25, 0.3) is 0 Å². The van der Waals surface area contributed by atoms with Crippen LogP contribution in [0.1, 0.15) is 39.0 Å². The second kappa shape index (κ2) is 7.82. The molecular formula is C13H23N3O5. The fraction of sp³-hybridized carbons (Fsp3) is 0.769. The van der Waals surface area contributed by atoms with E-state index in [4.69, 9.17) is 5.11 Å². The topological polar surface area (TPSA) is 128 Å². The smallest absolute Gasteiger partial charge is 0.337 e. The number of carbonyl (C=O) groups excluding carboxylic acids is 2. The average Bonchev–Trinajstić information content (AvgIpc) is 2.44. The van der Waals surface area contributed by atoms with Gasteiger partial charge in [0, 0.05) is 6.04 Å². The number of carboxylic acids is 1. The lowest BCUT2D eigenvalue weighted by atomic mass is 9.96. The fourth-order valence-electron chi connectivity index (χ4n) is 2.05. The van der Waals surface area contributed by atoms with Gasteiger partial charge in [-0.05, 0) is 19.8 Å². The highest BCUT2D eigenvalue weighted by atomic mass is 16.4. The van der Waals surface area contributed by atoms with Crippen LogP contribution >= 0.6 is 0 Å². The molecular weight excluding hydrogens is 278 g/mol. The van der Waals surface area contributed by atoms with Gasteiger partial charge in [0.1, 0.15) is 0 Å². The standard InChI is InChI=1S/C13H23N3O5/c1-13(21,11(18)19)8-15-10(17)7-14-12(20)16-9-5-3-2-4-6-9/h9,21H,2-8H2,1H3,(H,15,17)(H,18,19)(H2,14,16,20). The minimum atomic E-state index is -2.03. The van der Waals surface area contributed by atoms with Crippen LogP contribution in [0.25, 0.3) is 0 Å². The van der Waals surface area contributed by atoms with Crippen molar-refractivity contribution in [2.75, 3.05) is 13.1 Å². The Hall–Kier alpha value is -1.83. The Morgan fingerprint density at radius 1 is 1.14 bits per heavy atom. The van der Waals surface area contributed by atoms with Crippen LogP contribution in [0.3, 0.4) is 0 Å². The summed E-state index contributed by atoms with van der Waals surface area (Å²) in [5.41, 5.74) is -2.03. The van der Waals surface area contributed by atoms with Gasteiger partial charge in [-0.3, -0.25) is 4.79 Å². The third-order valence-electron chi connectivity index (χ3n) is 3.44. The maximum absolute atomic E-state index is 11.6. The Morgan fingerprint density at radius 3 is 2.33 bits per heavy atom. The molecule has 8 heteroatoms. The van der Waals surface area contributed by atoms with Crippen LogP contribution < -0.4 is 16.0 Å². The zero-order valence-corrected chi connectivity index (χ0v) is 12.1. The van der Waals surface area contributed by atoms with Crippen molar-refractivity contribution in [2.24, 2.45) is 0 Å². The molecule has 1 aliphatic rings. The van der Waals surface area contributed by atoms with E-state index in [-0.39, 0.29) is 12.6 Å². The van der Waals surface area contributed by atoms with Crippen LogP contribution in [0.15, 0.2) is 0 Å². The lowest BCUT2D eigenvalue weighted by Gasteiger charge is -2.23. The Balaban J connectivity index is 2.20. The predicted molar refractivity (Wildman–Crippen MR) is 74.7 cm³/mol. The first-order valence-electron chi connectivity index (χ1n) is 7.08. The van der Waals surface area contributed by atoms with E-state index in [2.05, 4.69) is 16.0 Å². The van der Waals surface area contributed by atoms with Gasteiger partial charge in [-0.2, -0.15) is 0 Å². The molecule has 0 saturated heterocycles. The minimum absolute atomic E-state index is 0.148. The van der Waals surface area contributed by atoms with Gasteiger partial charge in [0.05, 0.1) is 13.1 Å². The van der Waals surface area contributed by atoms with Crippen LogP contribution in [0.5, 0.6) is 0 Å². The number of aliphatic hydroxyl groups is 1. The largest absolute Gasteiger partial charge is 0.479 e. The van der Waals surface area contributed by atoms with E-state index in [1.165, 1.54) is 6.42 Å². The number of nitrogens with one attached hydrogen (secondary N) is 3. The molecule has 5 N–H and O–H groups in total. The van der Waals surface area contributed by atoms with Crippen LogP contribution in [0, 0.1) is 0 Å². The number of aliphatic carboxylic acids is 1. The van der Waals surface area contributed by atoms with Gasteiger partial charge in [-0.15, -0.1) is 0 Å². The Labute approximate surface area is 123 Å². The van der Waals surface area contributed by atoms with Crippen molar-refractivity contribution in [3.05, 3.63) is 0 Å². The molecule has 0 aliphatic heterocycles. The number of hydrogen-bond acceptors (Lipinski definition) is 4. The molecule has 8 nitrogen and oxygen atoms in total. The molecule has 1 unspecified atom stereocenters. The number of carbonyl (C=O) groups is 3. The number of rotatable bonds is 6. The third-order valence-corrected chi connectivity index (χ3v) is 3.44. The SMILES string of the molecule is CC(O)(CNC(=O)CNC(=O)NC1CCCCC1)C(=O)O. The highest BCUT2D eigenvalue weighted by Crippen LogP contribution is 2.16. The molecule has 1 rings (SSSR count). The molecule has 1 fully saturated rings. The molecule has 0 aromatic carbocycles. The van der Waals surface area contributed by atoms with Crippen molar-refractivity contribution in [3.63, 3.8) is 0 Å². The summed E-state index contributed by atoms with van der Waals surface area (Å²) in [6.45, 7) is 0.389. The lowest BCUT2D eigenvalue weighted by molar-refractivity contribution is -0.156. The molecule has 1 saturated carbocycles. The first kappa shape index (κ1) is 17.2. The highest BCUT2D eigenvalue weighted by molar-refractivity contribution is 5.85. The first-order valence-corrected chi connectivity index (χ1v) is 7.08. The maximum Gasteiger partial charge on any atom is 0.337 e. The summed E-state index contributed by atoms with van der Waals surface area (Å²) in [5.74, 6) is -1.99. The summed E-state index contributed by atoms with van der Waals surface area (Å²) >= 11 is 0. The first-order chi connectivity index (χ1) is 9.81. The van der Waals surface area contributed by atoms with E-state index in [1.807, 2.05) is 0 Å². The van der Waals surface area contributed by atoms with Crippen molar-refractivity contribution in [1.82, 2.24) is 16.0 Å². The Kier molecular flexibility index (Phi) is 6.41. The van der Waals surface area contributed by atoms with E-state index < -0.39 is 30.1 Å². The van der Waals surface area contributed by atoms with E-state index in [0.29, 0.717) is 0 Å². The molecule has 21 heavy (non-hydrogen) atoms. The molecule has 0 radical (unpaired) electrons. The van der Waals surface area contributed by atoms with E-state index in [1.54, 1.807) is 0 Å². The molecule has 3 amide bonds. The van der Waals surface area contributed by atoms with Crippen LogP contribution in [0.4, 0.5) is 4.79 Å². The van der Waals surface area contributed by atoms with Crippen LogP contribution in [0.2, 0.25) is 0 Å². The van der Waals surface area contributed by atoms with Crippen molar-refractivity contribution >= 4 is 17.9 Å². The molecule has 0 aromatic heterocycles. The molecule has 0 bridgehead atoms. The van der Waals surface area contributed by atoms with Crippen molar-refractivity contribution in [2.45, 2.75) is 50.7 Å². The van der Waals surface area contributed by atoms with Crippen LogP contribution in [-0.2, 0) is 9.59 Å². The van der Waals surface area contributed by atoms with Crippen LogP contribution in [-0.4, -0.2) is 52.9 Å². The number of hydrogen-bond donors (Lipinski definition) is 5. The van der Waals surface area contributed by atoms with Gasteiger partial charge in [0.15, 0.2) is 5.60 Å². The number of carboxylic acid groups (broad SMARTS) is 1. The van der Waals surface area contributed by atoms with E-state index >= 15 is 0 Å². The second-order valence-corrected chi connectivity index (χ2v) is 5.52. The Bertz CT molecular complexity index is 391. The van der Waals surface area contributed by atoms with E-state index in [9.17, 15) is 19.5 Å². The maximum atomic E-state index is 11.6. The fourth-order valence-corrected chi connectivity index (χ4v) is 2.05. The predicted octanol–water partition coefficient (Wildman–Crippen LogP) is -0.430. The normalized spacial score (nSPS) is 18.4.